The molecule has 2 aliphatic rings. The molecular formula is C14H25N3O2. The highest BCUT2D eigenvalue weighted by Gasteiger charge is 2.38. The molecule has 5 nitrogen and oxygen atoms in total. The van der Waals surface area contributed by atoms with Crippen molar-refractivity contribution in [2.45, 2.75) is 51.0 Å². The Labute approximate surface area is 114 Å². The van der Waals surface area contributed by atoms with Crippen molar-refractivity contribution in [1.29, 1.82) is 0 Å². The minimum atomic E-state index is -0.401. The lowest BCUT2D eigenvalue weighted by Crippen LogP contribution is -2.53. The van der Waals surface area contributed by atoms with Crippen LogP contribution in [-0.4, -0.2) is 35.8 Å². The molecular weight excluding hydrogens is 242 g/mol. The lowest BCUT2D eigenvalue weighted by atomic mass is 9.78. The zero-order valence-corrected chi connectivity index (χ0v) is 11.5. The minimum Gasteiger partial charge on any atom is -0.368 e. The Kier molecular flexibility index (Phi) is 4.80. The van der Waals surface area contributed by atoms with Crippen molar-refractivity contribution in [2.75, 3.05) is 13.1 Å². The van der Waals surface area contributed by atoms with E-state index in [0.717, 1.165) is 38.5 Å². The van der Waals surface area contributed by atoms with E-state index in [1.165, 1.54) is 0 Å². The molecule has 0 bridgehead atoms. The monoisotopic (exact) mass is 267 g/mol. The van der Waals surface area contributed by atoms with Gasteiger partial charge in [0.15, 0.2) is 0 Å². The molecule has 1 aliphatic heterocycles. The van der Waals surface area contributed by atoms with Crippen molar-refractivity contribution in [2.24, 2.45) is 23.3 Å². The highest BCUT2D eigenvalue weighted by Crippen LogP contribution is 2.32. The van der Waals surface area contributed by atoms with Gasteiger partial charge in [-0.25, -0.2) is 0 Å². The number of carbonyl (C=O) groups is 2. The maximum atomic E-state index is 12.7. The van der Waals surface area contributed by atoms with E-state index in [-0.39, 0.29) is 23.7 Å². The number of nitrogens with zero attached hydrogens (tertiary/aromatic N) is 1. The minimum absolute atomic E-state index is 0.00120. The smallest absolute Gasteiger partial charge is 0.240 e. The van der Waals surface area contributed by atoms with Gasteiger partial charge in [-0.15, -0.1) is 0 Å². The van der Waals surface area contributed by atoms with E-state index in [4.69, 9.17) is 11.5 Å². The normalized spacial score (nSPS) is 32.1. The second kappa shape index (κ2) is 6.37. The quantitative estimate of drug-likeness (QED) is 0.785. The summed E-state index contributed by atoms with van der Waals surface area (Å²) >= 11 is 0. The third kappa shape index (κ3) is 3.08. The summed E-state index contributed by atoms with van der Waals surface area (Å²) in [5.41, 5.74) is 11.2. The van der Waals surface area contributed by atoms with Crippen LogP contribution >= 0.6 is 0 Å². The SMILES string of the molecule is NCC1CCCCC1C(=O)N1CCCCC1C(N)=O. The van der Waals surface area contributed by atoms with E-state index in [2.05, 4.69) is 0 Å². The molecule has 5 heteroatoms. The van der Waals surface area contributed by atoms with Gasteiger partial charge >= 0.3 is 0 Å². The summed E-state index contributed by atoms with van der Waals surface area (Å²) in [5.74, 6) is 0.0159. The molecule has 19 heavy (non-hydrogen) atoms. The summed E-state index contributed by atoms with van der Waals surface area (Å²) in [5, 5.41) is 0. The van der Waals surface area contributed by atoms with Gasteiger partial charge in [-0.3, -0.25) is 9.59 Å². The van der Waals surface area contributed by atoms with Crippen LogP contribution in [0.4, 0.5) is 0 Å². The summed E-state index contributed by atoms with van der Waals surface area (Å²) in [6.07, 6.45) is 6.83. The second-order valence-corrected chi connectivity index (χ2v) is 5.83. The molecule has 1 heterocycles. The standard InChI is InChI=1S/C14H25N3O2/c15-9-10-5-1-2-6-11(10)14(19)17-8-4-3-7-12(17)13(16)18/h10-12H,1-9,15H2,(H2,16,18). The number of piperidine rings is 1. The van der Waals surface area contributed by atoms with Gasteiger partial charge in [0.05, 0.1) is 0 Å². The van der Waals surface area contributed by atoms with Gasteiger partial charge in [0.1, 0.15) is 6.04 Å². The van der Waals surface area contributed by atoms with Crippen LogP contribution in [0.15, 0.2) is 0 Å². The highest BCUT2D eigenvalue weighted by molar-refractivity contribution is 5.88. The molecule has 3 unspecified atom stereocenters. The average Bonchev–Trinajstić information content (AvgIpc) is 2.46. The lowest BCUT2D eigenvalue weighted by Gasteiger charge is -2.39. The van der Waals surface area contributed by atoms with Crippen LogP contribution in [-0.2, 0) is 9.59 Å². The number of amides is 2. The number of rotatable bonds is 3. The lowest BCUT2D eigenvalue weighted by molar-refractivity contribution is -0.146. The molecule has 0 spiro atoms. The van der Waals surface area contributed by atoms with Crippen LogP contribution in [0, 0.1) is 11.8 Å². The second-order valence-electron chi connectivity index (χ2n) is 5.83. The van der Waals surface area contributed by atoms with Gasteiger partial charge in [0.2, 0.25) is 11.8 Å². The zero-order valence-electron chi connectivity index (χ0n) is 11.5. The highest BCUT2D eigenvalue weighted by atomic mass is 16.2. The first kappa shape index (κ1) is 14.3. The van der Waals surface area contributed by atoms with E-state index in [1.54, 1.807) is 4.90 Å². The van der Waals surface area contributed by atoms with Crippen LogP contribution in [0.2, 0.25) is 0 Å². The van der Waals surface area contributed by atoms with Crippen molar-refractivity contribution in [3.63, 3.8) is 0 Å². The molecule has 4 N–H and O–H groups in total. The molecule has 0 aromatic carbocycles. The first-order valence-electron chi connectivity index (χ1n) is 7.45. The van der Waals surface area contributed by atoms with E-state index in [9.17, 15) is 9.59 Å². The zero-order chi connectivity index (χ0) is 13.8. The molecule has 1 aliphatic carbocycles. The summed E-state index contributed by atoms with van der Waals surface area (Å²) < 4.78 is 0. The van der Waals surface area contributed by atoms with Crippen molar-refractivity contribution < 1.29 is 9.59 Å². The predicted molar refractivity (Wildman–Crippen MR) is 73.0 cm³/mol. The van der Waals surface area contributed by atoms with Crippen LogP contribution in [0.1, 0.15) is 44.9 Å². The Bertz CT molecular complexity index is 346. The van der Waals surface area contributed by atoms with Gasteiger partial charge in [0.25, 0.3) is 0 Å². The van der Waals surface area contributed by atoms with Gasteiger partial charge in [0, 0.05) is 12.5 Å². The van der Waals surface area contributed by atoms with Crippen molar-refractivity contribution in [3.05, 3.63) is 0 Å². The molecule has 3 atom stereocenters. The molecule has 0 aromatic rings. The van der Waals surface area contributed by atoms with Crippen molar-refractivity contribution in [1.82, 2.24) is 4.90 Å². The predicted octanol–water partition coefficient (Wildman–Crippen LogP) is 0.618. The van der Waals surface area contributed by atoms with Gasteiger partial charge < -0.3 is 16.4 Å². The van der Waals surface area contributed by atoms with Gasteiger partial charge in [-0.1, -0.05) is 12.8 Å². The summed E-state index contributed by atoms with van der Waals surface area (Å²) in [6, 6.07) is -0.401. The van der Waals surface area contributed by atoms with Crippen LogP contribution in [0.25, 0.3) is 0 Å². The van der Waals surface area contributed by atoms with Crippen molar-refractivity contribution >= 4 is 11.8 Å². The molecule has 2 amide bonds. The average molecular weight is 267 g/mol. The molecule has 1 saturated heterocycles. The maximum Gasteiger partial charge on any atom is 0.240 e. The Morgan fingerprint density at radius 1 is 1.05 bits per heavy atom. The number of primary amides is 1. The number of nitrogens with two attached hydrogens (primary N) is 2. The molecule has 0 radical (unpaired) electrons. The number of likely N-dealkylation sites (tertiary alicyclic amines) is 1. The molecule has 2 fully saturated rings. The summed E-state index contributed by atoms with van der Waals surface area (Å²) in [6.45, 7) is 1.23. The first-order valence-corrected chi connectivity index (χ1v) is 7.45. The largest absolute Gasteiger partial charge is 0.368 e. The topological polar surface area (TPSA) is 89.4 Å². The third-order valence-electron chi connectivity index (χ3n) is 4.64. The Balaban J connectivity index is 2.09. The van der Waals surface area contributed by atoms with E-state index >= 15 is 0 Å². The fraction of sp³-hybridized carbons (Fsp3) is 0.857. The van der Waals surface area contributed by atoms with Crippen LogP contribution in [0.3, 0.4) is 0 Å². The Morgan fingerprint density at radius 2 is 1.74 bits per heavy atom. The van der Waals surface area contributed by atoms with Gasteiger partial charge in [-0.05, 0) is 44.6 Å². The van der Waals surface area contributed by atoms with Crippen molar-refractivity contribution in [3.8, 4) is 0 Å². The fourth-order valence-corrected chi connectivity index (χ4v) is 3.52. The number of hydrogen-bond donors (Lipinski definition) is 2. The van der Waals surface area contributed by atoms with Gasteiger partial charge in [-0.2, -0.15) is 0 Å². The summed E-state index contributed by atoms with van der Waals surface area (Å²) in [7, 11) is 0. The fourth-order valence-electron chi connectivity index (χ4n) is 3.52. The molecule has 1 saturated carbocycles. The maximum absolute atomic E-state index is 12.7. The van der Waals surface area contributed by atoms with E-state index in [1.807, 2.05) is 0 Å². The van der Waals surface area contributed by atoms with Crippen LogP contribution < -0.4 is 11.5 Å². The number of carbonyl (C=O) groups excluding carboxylic acids is 2. The van der Waals surface area contributed by atoms with Crippen LogP contribution in [0.5, 0.6) is 0 Å². The van der Waals surface area contributed by atoms with E-state index < -0.39 is 6.04 Å². The van der Waals surface area contributed by atoms with E-state index in [0.29, 0.717) is 19.5 Å². The Hall–Kier alpha value is -1.10. The Morgan fingerprint density at radius 3 is 2.42 bits per heavy atom. The first-order chi connectivity index (χ1) is 9.15. The molecule has 0 aromatic heterocycles. The number of hydrogen-bond acceptors (Lipinski definition) is 3. The molecule has 2 rings (SSSR count). The summed E-state index contributed by atoms with van der Waals surface area (Å²) in [4.78, 5) is 25.9. The molecule has 108 valence electrons. The third-order valence-corrected chi connectivity index (χ3v) is 4.64.